The number of aryl methyl sites for hydroxylation is 1. The van der Waals surface area contributed by atoms with E-state index in [1.807, 2.05) is 31.2 Å². The van der Waals surface area contributed by atoms with Crippen molar-refractivity contribution >= 4 is 22.4 Å². The molecule has 158 valence electrons. The molecule has 1 aliphatic rings. The Morgan fingerprint density at radius 2 is 1.90 bits per heavy atom. The van der Waals surface area contributed by atoms with Gasteiger partial charge in [0.05, 0.1) is 5.69 Å². The maximum Gasteiger partial charge on any atom is 0.266 e. The first-order valence-electron chi connectivity index (χ1n) is 10.6. The van der Waals surface area contributed by atoms with Gasteiger partial charge >= 0.3 is 0 Å². The standard InChI is InChI=1S/C23H33N3O2S/c1-15(2)19-6-8-20(9-7-19)28-18(5)22(27)25-23-24-17(4)21(29-23)14-26-12-10-16(3)11-13-26/h6-9,15-16,18H,10-14H2,1-5H3,(H,24,25,27). The fourth-order valence-electron chi connectivity index (χ4n) is 3.45. The lowest BCUT2D eigenvalue weighted by atomic mass is 9.99. The molecule has 1 unspecified atom stereocenters. The average molecular weight is 416 g/mol. The lowest BCUT2D eigenvalue weighted by molar-refractivity contribution is -0.122. The molecule has 0 spiro atoms. The molecule has 1 saturated heterocycles. The highest BCUT2D eigenvalue weighted by Crippen LogP contribution is 2.27. The van der Waals surface area contributed by atoms with Gasteiger partial charge in [-0.15, -0.1) is 11.3 Å². The third kappa shape index (κ3) is 6.03. The van der Waals surface area contributed by atoms with E-state index in [0.717, 1.165) is 31.2 Å². The van der Waals surface area contributed by atoms with E-state index >= 15 is 0 Å². The second-order valence-electron chi connectivity index (χ2n) is 8.46. The number of ether oxygens (including phenoxy) is 1. The molecule has 0 bridgehead atoms. The van der Waals surface area contributed by atoms with Gasteiger partial charge in [-0.1, -0.05) is 32.9 Å². The number of carbonyl (C=O) groups excluding carboxylic acids is 1. The first kappa shape index (κ1) is 21.8. The van der Waals surface area contributed by atoms with E-state index in [1.54, 1.807) is 18.3 Å². The van der Waals surface area contributed by atoms with Gasteiger partial charge in [-0.2, -0.15) is 0 Å². The first-order valence-corrected chi connectivity index (χ1v) is 11.4. The predicted molar refractivity (Wildman–Crippen MR) is 120 cm³/mol. The Morgan fingerprint density at radius 1 is 1.24 bits per heavy atom. The van der Waals surface area contributed by atoms with Gasteiger partial charge in [0.2, 0.25) is 0 Å². The highest BCUT2D eigenvalue weighted by molar-refractivity contribution is 7.15. The number of amides is 1. The molecule has 1 amide bonds. The number of anilines is 1. The number of benzene rings is 1. The van der Waals surface area contributed by atoms with Crippen LogP contribution in [0.4, 0.5) is 5.13 Å². The SMILES string of the molecule is Cc1nc(NC(=O)C(C)Oc2ccc(C(C)C)cc2)sc1CN1CCC(C)CC1. The summed E-state index contributed by atoms with van der Waals surface area (Å²) in [7, 11) is 0. The maximum absolute atomic E-state index is 12.6. The minimum atomic E-state index is -0.587. The Kier molecular flexibility index (Phi) is 7.30. The van der Waals surface area contributed by atoms with Crippen molar-refractivity contribution < 1.29 is 9.53 Å². The van der Waals surface area contributed by atoms with Gasteiger partial charge in [0.25, 0.3) is 5.91 Å². The van der Waals surface area contributed by atoms with E-state index in [4.69, 9.17) is 4.74 Å². The number of likely N-dealkylation sites (tertiary alicyclic amines) is 1. The zero-order chi connectivity index (χ0) is 21.0. The van der Waals surface area contributed by atoms with Crippen LogP contribution in [0.2, 0.25) is 0 Å². The molecular weight excluding hydrogens is 382 g/mol. The number of nitrogens with zero attached hydrogens (tertiary/aromatic N) is 2. The van der Waals surface area contributed by atoms with Crippen molar-refractivity contribution in [3.63, 3.8) is 0 Å². The van der Waals surface area contributed by atoms with Crippen LogP contribution < -0.4 is 10.1 Å². The van der Waals surface area contributed by atoms with Crippen molar-refractivity contribution in [2.75, 3.05) is 18.4 Å². The summed E-state index contributed by atoms with van der Waals surface area (Å²) in [6, 6.07) is 7.93. The van der Waals surface area contributed by atoms with Crippen molar-refractivity contribution in [2.45, 2.75) is 66.0 Å². The van der Waals surface area contributed by atoms with Crippen LogP contribution in [-0.4, -0.2) is 35.0 Å². The third-order valence-electron chi connectivity index (χ3n) is 5.60. The number of hydrogen-bond acceptors (Lipinski definition) is 5. The van der Waals surface area contributed by atoms with Crippen molar-refractivity contribution in [3.8, 4) is 5.75 Å². The molecule has 29 heavy (non-hydrogen) atoms. The Labute approximate surface area is 178 Å². The van der Waals surface area contributed by atoms with E-state index < -0.39 is 6.10 Å². The van der Waals surface area contributed by atoms with Gasteiger partial charge < -0.3 is 4.74 Å². The Bertz CT molecular complexity index is 808. The molecule has 5 nitrogen and oxygen atoms in total. The summed E-state index contributed by atoms with van der Waals surface area (Å²) in [6.45, 7) is 13.6. The molecule has 1 aromatic heterocycles. The van der Waals surface area contributed by atoms with E-state index in [9.17, 15) is 4.79 Å². The smallest absolute Gasteiger partial charge is 0.266 e. The van der Waals surface area contributed by atoms with Crippen LogP contribution in [0, 0.1) is 12.8 Å². The summed E-state index contributed by atoms with van der Waals surface area (Å²) < 4.78 is 5.81. The summed E-state index contributed by atoms with van der Waals surface area (Å²) in [5.41, 5.74) is 2.25. The predicted octanol–water partition coefficient (Wildman–Crippen LogP) is 5.21. The fourth-order valence-corrected chi connectivity index (χ4v) is 4.46. The van der Waals surface area contributed by atoms with Crippen molar-refractivity contribution in [2.24, 2.45) is 5.92 Å². The summed E-state index contributed by atoms with van der Waals surface area (Å²) in [5, 5.41) is 3.57. The third-order valence-corrected chi connectivity index (χ3v) is 6.65. The van der Waals surface area contributed by atoms with Crippen LogP contribution in [0.1, 0.15) is 62.6 Å². The second-order valence-corrected chi connectivity index (χ2v) is 9.54. The molecule has 1 N–H and O–H groups in total. The molecular formula is C23H33N3O2S. The number of hydrogen-bond donors (Lipinski definition) is 1. The molecule has 3 rings (SSSR count). The number of aromatic nitrogens is 1. The summed E-state index contributed by atoms with van der Waals surface area (Å²) in [5.74, 6) is 1.82. The van der Waals surface area contributed by atoms with Crippen molar-refractivity contribution in [3.05, 3.63) is 40.4 Å². The Morgan fingerprint density at radius 3 is 2.52 bits per heavy atom. The van der Waals surface area contributed by atoms with Crippen LogP contribution in [0.25, 0.3) is 0 Å². The molecule has 0 aliphatic carbocycles. The lowest BCUT2D eigenvalue weighted by Gasteiger charge is -2.29. The van der Waals surface area contributed by atoms with Crippen LogP contribution in [0.5, 0.6) is 5.75 Å². The quantitative estimate of drug-likeness (QED) is 0.674. The molecule has 6 heteroatoms. The molecule has 0 saturated carbocycles. The molecule has 1 aromatic carbocycles. The van der Waals surface area contributed by atoms with Gasteiger partial charge in [-0.25, -0.2) is 4.98 Å². The number of rotatable bonds is 7. The number of nitrogens with one attached hydrogen (secondary N) is 1. The van der Waals surface area contributed by atoms with Crippen LogP contribution in [0.3, 0.4) is 0 Å². The molecule has 1 atom stereocenters. The first-order chi connectivity index (χ1) is 13.8. The Hall–Kier alpha value is -1.92. The van der Waals surface area contributed by atoms with E-state index in [2.05, 4.69) is 36.0 Å². The summed E-state index contributed by atoms with van der Waals surface area (Å²) in [6.07, 6.45) is 1.93. The summed E-state index contributed by atoms with van der Waals surface area (Å²) in [4.78, 5) is 20.8. The average Bonchev–Trinajstić information content (AvgIpc) is 3.02. The van der Waals surface area contributed by atoms with E-state index in [1.165, 1.54) is 23.3 Å². The van der Waals surface area contributed by atoms with Gasteiger partial charge in [-0.3, -0.25) is 15.0 Å². The molecule has 2 aromatic rings. The zero-order valence-electron chi connectivity index (χ0n) is 18.2. The monoisotopic (exact) mass is 415 g/mol. The van der Waals surface area contributed by atoms with Gasteiger partial charge in [0, 0.05) is 11.4 Å². The molecule has 1 fully saturated rings. The van der Waals surface area contributed by atoms with Crippen LogP contribution in [0.15, 0.2) is 24.3 Å². The Balaban J connectivity index is 1.54. The van der Waals surface area contributed by atoms with Crippen LogP contribution >= 0.6 is 11.3 Å². The molecule has 2 heterocycles. The minimum Gasteiger partial charge on any atom is -0.481 e. The summed E-state index contributed by atoms with van der Waals surface area (Å²) >= 11 is 1.57. The number of thiazole rings is 1. The number of carbonyl (C=O) groups is 1. The second kappa shape index (κ2) is 9.72. The van der Waals surface area contributed by atoms with Gasteiger partial charge in [-0.05, 0) is 69.3 Å². The number of piperidine rings is 1. The molecule has 0 radical (unpaired) electrons. The highest BCUT2D eigenvalue weighted by Gasteiger charge is 2.20. The van der Waals surface area contributed by atoms with E-state index in [0.29, 0.717) is 16.8 Å². The highest BCUT2D eigenvalue weighted by atomic mass is 32.1. The van der Waals surface area contributed by atoms with Crippen molar-refractivity contribution in [1.82, 2.24) is 9.88 Å². The largest absolute Gasteiger partial charge is 0.481 e. The maximum atomic E-state index is 12.6. The van der Waals surface area contributed by atoms with Gasteiger partial charge in [0.15, 0.2) is 11.2 Å². The normalized spacial score (nSPS) is 16.8. The molecule has 1 aliphatic heterocycles. The van der Waals surface area contributed by atoms with Crippen molar-refractivity contribution in [1.29, 1.82) is 0 Å². The van der Waals surface area contributed by atoms with Crippen LogP contribution in [-0.2, 0) is 11.3 Å². The fraction of sp³-hybridized carbons (Fsp3) is 0.565. The topological polar surface area (TPSA) is 54.5 Å². The van der Waals surface area contributed by atoms with Gasteiger partial charge in [0.1, 0.15) is 5.75 Å². The zero-order valence-corrected chi connectivity index (χ0v) is 19.0. The van der Waals surface area contributed by atoms with E-state index in [-0.39, 0.29) is 5.91 Å². The lowest BCUT2D eigenvalue weighted by Crippen LogP contribution is -2.32. The minimum absolute atomic E-state index is 0.176.